The molecule has 1 rings (SSSR count). The first-order valence-electron chi connectivity index (χ1n) is 7.21. The highest BCUT2D eigenvalue weighted by Crippen LogP contribution is 2.18. The minimum absolute atomic E-state index is 0.128. The maximum atomic E-state index is 12.3. The minimum Gasteiger partial charge on any atom is -0.454 e. The monoisotopic (exact) mass is 358 g/mol. The summed E-state index contributed by atoms with van der Waals surface area (Å²) in [5, 5.41) is 2.50. The van der Waals surface area contributed by atoms with Crippen LogP contribution in [-0.2, 0) is 29.1 Å². The third kappa shape index (κ3) is 5.59. The Labute approximate surface area is 141 Å². The quantitative estimate of drug-likeness (QED) is 0.691. The highest BCUT2D eigenvalue weighted by atomic mass is 32.2. The Morgan fingerprint density at radius 1 is 1.17 bits per heavy atom. The molecule has 1 aromatic rings. The van der Waals surface area contributed by atoms with E-state index in [4.69, 9.17) is 0 Å². The number of nitrogens with one attached hydrogen (secondary N) is 1. The molecule has 0 aliphatic rings. The van der Waals surface area contributed by atoms with E-state index < -0.39 is 28.5 Å². The second-order valence-corrected chi connectivity index (χ2v) is 7.28. The van der Waals surface area contributed by atoms with Crippen molar-refractivity contribution >= 4 is 27.6 Å². The van der Waals surface area contributed by atoms with Gasteiger partial charge in [0.05, 0.1) is 4.90 Å². The molecule has 0 atom stereocenters. The van der Waals surface area contributed by atoms with Gasteiger partial charge in [0.25, 0.3) is 5.91 Å². The van der Waals surface area contributed by atoms with Crippen molar-refractivity contribution in [3.8, 4) is 0 Å². The van der Waals surface area contributed by atoms with Crippen LogP contribution in [0.5, 0.6) is 0 Å². The van der Waals surface area contributed by atoms with E-state index in [2.05, 4.69) is 14.8 Å². The zero-order valence-electron chi connectivity index (χ0n) is 14.1. The molecule has 9 heteroatoms. The number of hydrogen-bond acceptors (Lipinski definition) is 6. The fraction of sp³-hybridized carbons (Fsp3) is 0.467. The van der Waals surface area contributed by atoms with Crippen LogP contribution in [0.25, 0.3) is 0 Å². The largest absolute Gasteiger partial charge is 0.454 e. The van der Waals surface area contributed by atoms with Crippen LogP contribution >= 0.6 is 0 Å². The number of ether oxygens (including phenoxy) is 2. The summed E-state index contributed by atoms with van der Waals surface area (Å²) in [5.41, 5.74) is 0.397. The fourth-order valence-electron chi connectivity index (χ4n) is 1.66. The van der Waals surface area contributed by atoms with E-state index >= 15 is 0 Å². The van der Waals surface area contributed by atoms with E-state index in [0.717, 1.165) is 0 Å². The summed E-state index contributed by atoms with van der Waals surface area (Å²) in [6.45, 7) is 2.87. The minimum atomic E-state index is -3.57. The Morgan fingerprint density at radius 2 is 1.75 bits per heavy atom. The first kappa shape index (κ1) is 20.1. The first-order valence-corrected chi connectivity index (χ1v) is 8.65. The van der Waals surface area contributed by atoms with Gasteiger partial charge in [0.1, 0.15) is 6.61 Å². The molecule has 1 amide bonds. The molecule has 0 spiro atoms. The topological polar surface area (TPSA) is 102 Å². The van der Waals surface area contributed by atoms with E-state index in [0.29, 0.717) is 5.69 Å². The van der Waals surface area contributed by atoms with E-state index in [-0.39, 0.29) is 17.5 Å². The number of anilines is 1. The number of rotatable bonds is 8. The standard InChI is InChI=1S/C15H22N2O6S/c1-11(2)17(3)24(20,21)13-7-5-12(6-8-13)16-14(18)9-23-15(19)10-22-4/h5-8,11H,9-10H2,1-4H3,(H,16,18). The lowest BCUT2D eigenvalue weighted by molar-refractivity contribution is -0.150. The van der Waals surface area contributed by atoms with Crippen LogP contribution in [0.4, 0.5) is 5.69 Å². The Balaban J connectivity index is 2.68. The number of hydrogen-bond donors (Lipinski definition) is 1. The first-order chi connectivity index (χ1) is 11.2. The van der Waals surface area contributed by atoms with Crippen molar-refractivity contribution in [2.75, 3.05) is 32.7 Å². The third-order valence-electron chi connectivity index (χ3n) is 3.17. The lowest BCUT2D eigenvalue weighted by atomic mass is 10.3. The molecule has 1 N–H and O–H groups in total. The summed E-state index contributed by atoms with van der Waals surface area (Å²) < 4.78 is 35.1. The zero-order chi connectivity index (χ0) is 18.3. The average molecular weight is 358 g/mol. The molecule has 134 valence electrons. The van der Waals surface area contributed by atoms with Gasteiger partial charge in [-0.05, 0) is 38.1 Å². The van der Waals surface area contributed by atoms with Gasteiger partial charge in [0.15, 0.2) is 6.61 Å². The molecule has 0 heterocycles. The third-order valence-corrected chi connectivity index (χ3v) is 5.22. The van der Waals surface area contributed by atoms with Crippen LogP contribution in [0.2, 0.25) is 0 Å². The van der Waals surface area contributed by atoms with Gasteiger partial charge >= 0.3 is 5.97 Å². The number of nitrogens with zero attached hydrogens (tertiary/aromatic N) is 1. The van der Waals surface area contributed by atoms with Gasteiger partial charge in [-0.25, -0.2) is 13.2 Å². The van der Waals surface area contributed by atoms with Gasteiger partial charge in [-0.2, -0.15) is 4.31 Å². The Morgan fingerprint density at radius 3 is 2.25 bits per heavy atom. The van der Waals surface area contributed by atoms with Crippen LogP contribution in [0, 0.1) is 0 Å². The maximum Gasteiger partial charge on any atom is 0.332 e. The molecule has 0 aliphatic heterocycles. The van der Waals surface area contributed by atoms with Gasteiger partial charge in [-0.3, -0.25) is 4.79 Å². The molecular formula is C15H22N2O6S. The second kappa shape index (κ2) is 8.76. The summed E-state index contributed by atoms with van der Waals surface area (Å²) in [6, 6.07) is 5.57. The number of esters is 1. The number of carbonyl (C=O) groups is 2. The van der Waals surface area contributed by atoms with Crippen LogP contribution in [0.1, 0.15) is 13.8 Å². The van der Waals surface area contributed by atoms with Gasteiger partial charge in [-0.15, -0.1) is 0 Å². The number of amides is 1. The maximum absolute atomic E-state index is 12.3. The summed E-state index contributed by atoms with van der Waals surface area (Å²) in [5.74, 6) is -1.18. The van der Waals surface area contributed by atoms with E-state index in [1.54, 1.807) is 13.8 Å². The summed E-state index contributed by atoms with van der Waals surface area (Å²) in [7, 11) is -0.729. The van der Waals surface area contributed by atoms with Gasteiger partial charge < -0.3 is 14.8 Å². The van der Waals surface area contributed by atoms with Crippen molar-refractivity contribution in [3.05, 3.63) is 24.3 Å². The van der Waals surface area contributed by atoms with Crippen molar-refractivity contribution in [2.24, 2.45) is 0 Å². The van der Waals surface area contributed by atoms with Crippen LogP contribution < -0.4 is 5.32 Å². The summed E-state index contributed by atoms with van der Waals surface area (Å²) >= 11 is 0. The molecule has 0 fully saturated rings. The highest BCUT2D eigenvalue weighted by Gasteiger charge is 2.22. The van der Waals surface area contributed by atoms with Gasteiger partial charge in [0.2, 0.25) is 10.0 Å². The number of carbonyl (C=O) groups excluding carboxylic acids is 2. The molecule has 1 aromatic carbocycles. The number of sulfonamides is 1. The van der Waals surface area contributed by atoms with Crippen molar-refractivity contribution in [3.63, 3.8) is 0 Å². The zero-order valence-corrected chi connectivity index (χ0v) is 14.9. The average Bonchev–Trinajstić information content (AvgIpc) is 2.53. The Bertz CT molecular complexity index is 670. The molecule has 0 bridgehead atoms. The van der Waals surface area contributed by atoms with E-state index in [1.807, 2.05) is 0 Å². The highest BCUT2D eigenvalue weighted by molar-refractivity contribution is 7.89. The molecule has 0 aliphatic carbocycles. The van der Waals surface area contributed by atoms with Crippen LogP contribution in [0.15, 0.2) is 29.2 Å². The molecule has 0 unspecified atom stereocenters. The summed E-state index contributed by atoms with van der Waals surface area (Å²) in [6.07, 6.45) is 0. The second-order valence-electron chi connectivity index (χ2n) is 5.28. The van der Waals surface area contributed by atoms with Crippen LogP contribution in [0.3, 0.4) is 0 Å². The fourth-order valence-corrected chi connectivity index (χ4v) is 3.02. The molecule has 24 heavy (non-hydrogen) atoms. The van der Waals surface area contributed by atoms with Crippen molar-refractivity contribution < 1.29 is 27.5 Å². The SMILES string of the molecule is COCC(=O)OCC(=O)Nc1ccc(S(=O)(=O)N(C)C(C)C)cc1. The number of benzene rings is 1. The van der Waals surface area contributed by atoms with E-state index in [1.165, 1.54) is 42.7 Å². The molecule has 0 radical (unpaired) electrons. The van der Waals surface area contributed by atoms with Crippen molar-refractivity contribution in [1.82, 2.24) is 4.31 Å². The van der Waals surface area contributed by atoms with E-state index in [9.17, 15) is 18.0 Å². The van der Waals surface area contributed by atoms with Crippen molar-refractivity contribution in [1.29, 1.82) is 0 Å². The van der Waals surface area contributed by atoms with Crippen molar-refractivity contribution in [2.45, 2.75) is 24.8 Å². The number of methoxy groups -OCH3 is 1. The molecular weight excluding hydrogens is 336 g/mol. The van der Waals surface area contributed by atoms with Crippen LogP contribution in [-0.4, -0.2) is 58.0 Å². The Kier molecular flexibility index (Phi) is 7.33. The molecule has 0 saturated carbocycles. The lowest BCUT2D eigenvalue weighted by Crippen LogP contribution is -2.33. The van der Waals surface area contributed by atoms with Gasteiger partial charge in [-0.1, -0.05) is 0 Å². The Hall–Kier alpha value is -1.97. The summed E-state index contributed by atoms with van der Waals surface area (Å²) in [4.78, 5) is 22.8. The predicted octanol–water partition coefficient (Wildman–Crippen LogP) is 0.844. The van der Waals surface area contributed by atoms with Gasteiger partial charge in [0, 0.05) is 25.9 Å². The smallest absolute Gasteiger partial charge is 0.332 e. The molecule has 0 saturated heterocycles. The lowest BCUT2D eigenvalue weighted by Gasteiger charge is -2.21. The molecule has 8 nitrogen and oxygen atoms in total. The normalized spacial score (nSPS) is 11.6. The molecule has 0 aromatic heterocycles. The predicted molar refractivity (Wildman–Crippen MR) is 88.0 cm³/mol.